The summed E-state index contributed by atoms with van der Waals surface area (Å²) in [6.45, 7) is 1.46. The Hall–Kier alpha value is -1.02. The molecule has 0 bridgehead atoms. The van der Waals surface area contributed by atoms with Gasteiger partial charge < -0.3 is 10.1 Å². The van der Waals surface area contributed by atoms with E-state index in [4.69, 9.17) is 39.5 Å². The molecule has 0 fully saturated rings. The Bertz CT molecular complexity index is 781. The topological polar surface area (TPSA) is 55.4 Å². The van der Waals surface area contributed by atoms with Gasteiger partial charge in [-0.25, -0.2) is 4.79 Å². The van der Waals surface area contributed by atoms with E-state index in [1.54, 1.807) is 24.3 Å². The molecule has 2 rings (SSSR count). The van der Waals surface area contributed by atoms with Gasteiger partial charge in [0, 0.05) is 3.57 Å². The minimum Gasteiger partial charge on any atom is -0.449 e. The fourth-order valence-corrected chi connectivity index (χ4v) is 2.67. The smallest absolute Gasteiger partial charge is 0.338 e. The number of hydrogen-bond acceptors (Lipinski definition) is 3. The summed E-state index contributed by atoms with van der Waals surface area (Å²) in [4.78, 5) is 24.2. The molecule has 2 aromatic rings. The summed E-state index contributed by atoms with van der Waals surface area (Å²) in [5.41, 5.74) is 0.649. The molecule has 0 saturated carbocycles. The van der Waals surface area contributed by atoms with Crippen LogP contribution in [-0.4, -0.2) is 18.0 Å². The van der Waals surface area contributed by atoms with Gasteiger partial charge in [0.25, 0.3) is 5.91 Å². The first-order valence-corrected chi connectivity index (χ1v) is 8.91. The van der Waals surface area contributed by atoms with E-state index in [2.05, 4.69) is 27.9 Å². The van der Waals surface area contributed by atoms with Crippen LogP contribution in [0.2, 0.25) is 15.1 Å². The van der Waals surface area contributed by atoms with Gasteiger partial charge in [-0.2, -0.15) is 0 Å². The zero-order valence-corrected chi connectivity index (χ0v) is 16.7. The minimum atomic E-state index is -1.01. The van der Waals surface area contributed by atoms with Gasteiger partial charge in [0.15, 0.2) is 6.10 Å². The first kappa shape index (κ1) is 19.3. The van der Waals surface area contributed by atoms with Crippen LogP contribution in [0.3, 0.4) is 0 Å². The Kier molecular flexibility index (Phi) is 6.74. The summed E-state index contributed by atoms with van der Waals surface area (Å²) in [5.74, 6) is -1.12. The molecule has 0 aliphatic rings. The third-order valence-electron chi connectivity index (χ3n) is 3.00. The monoisotopic (exact) mass is 497 g/mol. The van der Waals surface area contributed by atoms with Gasteiger partial charge in [-0.15, -0.1) is 0 Å². The Morgan fingerprint density at radius 3 is 2.25 bits per heavy atom. The molecule has 0 aliphatic carbocycles. The Morgan fingerprint density at radius 1 is 1.04 bits per heavy atom. The summed E-state index contributed by atoms with van der Waals surface area (Å²) >= 11 is 19.9. The minimum absolute atomic E-state index is 0.230. The fraction of sp³-hybridized carbons (Fsp3) is 0.125. The standard InChI is InChI=1S/C16H11Cl3INO3/c1-8(24-16(23)9-2-4-10(20)5-3-9)15(22)21-14-7-12(18)11(17)6-13(14)19/h2-8H,1H3,(H,21,22)/t8-/m0/s1. The quantitative estimate of drug-likeness (QED) is 0.347. The fourth-order valence-electron chi connectivity index (χ4n) is 1.72. The molecular weight excluding hydrogens is 487 g/mol. The molecule has 1 N–H and O–H groups in total. The zero-order chi connectivity index (χ0) is 17.9. The van der Waals surface area contributed by atoms with Crippen molar-refractivity contribution in [3.63, 3.8) is 0 Å². The highest BCUT2D eigenvalue weighted by molar-refractivity contribution is 14.1. The summed E-state index contributed by atoms with van der Waals surface area (Å²) in [5, 5.41) is 3.31. The number of esters is 1. The van der Waals surface area contributed by atoms with Crippen molar-refractivity contribution >= 4 is 75.0 Å². The second-order valence-corrected chi connectivity index (χ2v) is 7.26. The second kappa shape index (κ2) is 8.38. The van der Waals surface area contributed by atoms with E-state index in [1.807, 2.05) is 0 Å². The predicted octanol–water partition coefficient (Wildman–Crippen LogP) is 5.44. The molecule has 126 valence electrons. The maximum Gasteiger partial charge on any atom is 0.338 e. The molecule has 0 spiro atoms. The van der Waals surface area contributed by atoms with Crippen LogP contribution in [0.25, 0.3) is 0 Å². The van der Waals surface area contributed by atoms with Gasteiger partial charge in [-0.1, -0.05) is 34.8 Å². The number of carbonyl (C=O) groups excluding carboxylic acids is 2. The first-order chi connectivity index (χ1) is 11.3. The lowest BCUT2D eigenvalue weighted by molar-refractivity contribution is -0.123. The molecular formula is C16H11Cl3INO3. The highest BCUT2D eigenvalue weighted by Gasteiger charge is 2.20. The number of amides is 1. The molecule has 1 atom stereocenters. The SMILES string of the molecule is C[C@H](OC(=O)c1ccc(I)cc1)C(=O)Nc1cc(Cl)c(Cl)cc1Cl. The lowest BCUT2D eigenvalue weighted by atomic mass is 10.2. The molecule has 0 radical (unpaired) electrons. The molecule has 24 heavy (non-hydrogen) atoms. The summed E-state index contributed by atoms with van der Waals surface area (Å²) in [6.07, 6.45) is -1.01. The van der Waals surface area contributed by atoms with Gasteiger partial charge in [-0.3, -0.25) is 4.79 Å². The first-order valence-electron chi connectivity index (χ1n) is 6.70. The number of carbonyl (C=O) groups is 2. The van der Waals surface area contributed by atoms with Gasteiger partial charge >= 0.3 is 5.97 Å². The Morgan fingerprint density at radius 2 is 1.62 bits per heavy atom. The average molecular weight is 499 g/mol. The van der Waals surface area contributed by atoms with E-state index in [0.717, 1.165) is 3.57 Å². The van der Waals surface area contributed by atoms with Crippen LogP contribution in [0, 0.1) is 3.57 Å². The van der Waals surface area contributed by atoms with Gasteiger partial charge in [0.05, 0.1) is 26.3 Å². The summed E-state index contributed by atoms with van der Waals surface area (Å²) in [7, 11) is 0. The van der Waals surface area contributed by atoms with Crippen LogP contribution in [-0.2, 0) is 9.53 Å². The van der Waals surface area contributed by atoms with E-state index >= 15 is 0 Å². The molecule has 0 heterocycles. The van der Waals surface area contributed by atoms with Crippen LogP contribution >= 0.6 is 57.4 Å². The van der Waals surface area contributed by atoms with Gasteiger partial charge in [0.2, 0.25) is 0 Å². The zero-order valence-electron chi connectivity index (χ0n) is 12.3. The van der Waals surface area contributed by atoms with Gasteiger partial charge in [0.1, 0.15) is 0 Å². The average Bonchev–Trinajstić information content (AvgIpc) is 2.53. The molecule has 0 unspecified atom stereocenters. The third kappa shape index (κ3) is 4.99. The number of anilines is 1. The van der Waals surface area contributed by atoms with E-state index in [9.17, 15) is 9.59 Å². The van der Waals surface area contributed by atoms with Crippen molar-refractivity contribution in [2.24, 2.45) is 0 Å². The van der Waals surface area contributed by atoms with Crippen molar-refractivity contribution in [2.75, 3.05) is 5.32 Å². The molecule has 8 heteroatoms. The predicted molar refractivity (Wildman–Crippen MR) is 104 cm³/mol. The van der Waals surface area contributed by atoms with Crippen LogP contribution in [0.15, 0.2) is 36.4 Å². The second-order valence-electron chi connectivity index (χ2n) is 4.79. The third-order valence-corrected chi connectivity index (χ3v) is 4.75. The molecule has 2 aromatic carbocycles. The van der Waals surface area contributed by atoms with E-state index in [1.165, 1.54) is 19.1 Å². The van der Waals surface area contributed by atoms with Gasteiger partial charge in [-0.05, 0) is 65.9 Å². The van der Waals surface area contributed by atoms with Crippen molar-refractivity contribution in [3.05, 3.63) is 60.6 Å². The maximum absolute atomic E-state index is 12.2. The molecule has 4 nitrogen and oxygen atoms in total. The Labute approximate surface area is 167 Å². The lowest BCUT2D eigenvalue weighted by Crippen LogP contribution is -2.30. The molecule has 0 saturated heterocycles. The highest BCUT2D eigenvalue weighted by Crippen LogP contribution is 2.32. The largest absolute Gasteiger partial charge is 0.449 e. The van der Waals surface area contributed by atoms with Crippen molar-refractivity contribution < 1.29 is 14.3 Å². The summed E-state index contributed by atoms with van der Waals surface area (Å²) < 4.78 is 6.14. The van der Waals surface area contributed by atoms with Crippen molar-refractivity contribution in [1.29, 1.82) is 0 Å². The van der Waals surface area contributed by atoms with E-state index in [-0.39, 0.29) is 20.8 Å². The molecule has 0 aliphatic heterocycles. The summed E-state index contributed by atoms with van der Waals surface area (Å²) in [6, 6.07) is 9.66. The number of benzene rings is 2. The van der Waals surface area contributed by atoms with Crippen molar-refractivity contribution in [1.82, 2.24) is 0 Å². The van der Waals surface area contributed by atoms with E-state index < -0.39 is 18.0 Å². The highest BCUT2D eigenvalue weighted by atomic mass is 127. The number of nitrogens with one attached hydrogen (secondary N) is 1. The van der Waals surface area contributed by atoms with Crippen molar-refractivity contribution in [3.8, 4) is 0 Å². The number of ether oxygens (including phenoxy) is 1. The van der Waals surface area contributed by atoms with Crippen LogP contribution in [0.1, 0.15) is 17.3 Å². The van der Waals surface area contributed by atoms with Crippen LogP contribution in [0.4, 0.5) is 5.69 Å². The van der Waals surface area contributed by atoms with Crippen molar-refractivity contribution in [2.45, 2.75) is 13.0 Å². The van der Waals surface area contributed by atoms with E-state index in [0.29, 0.717) is 5.56 Å². The Balaban J connectivity index is 2.03. The maximum atomic E-state index is 12.2. The molecule has 1 amide bonds. The molecule has 0 aromatic heterocycles. The number of halogens is 4. The van der Waals surface area contributed by atoms with Crippen LogP contribution < -0.4 is 5.32 Å². The number of hydrogen-bond donors (Lipinski definition) is 1. The number of rotatable bonds is 4. The lowest BCUT2D eigenvalue weighted by Gasteiger charge is -2.14. The normalized spacial score (nSPS) is 11.7. The van der Waals surface area contributed by atoms with Crippen LogP contribution in [0.5, 0.6) is 0 Å².